The first kappa shape index (κ1) is 29.7. The van der Waals surface area contributed by atoms with Crippen LogP contribution in [0.15, 0.2) is 35.3 Å². The summed E-state index contributed by atoms with van der Waals surface area (Å²) in [7, 11) is -0.410. The van der Waals surface area contributed by atoms with Crippen molar-refractivity contribution in [2.45, 2.75) is 84.7 Å². The highest BCUT2D eigenvalue weighted by Gasteiger charge is 2.60. The molecule has 0 spiro atoms. The van der Waals surface area contributed by atoms with Crippen molar-refractivity contribution >= 4 is 18.7 Å². The molecule has 1 saturated carbocycles. The lowest BCUT2D eigenvalue weighted by molar-refractivity contribution is 0.00578. The Hall–Kier alpha value is -3.41. The van der Waals surface area contributed by atoms with E-state index in [-0.39, 0.29) is 39.4 Å². The van der Waals surface area contributed by atoms with E-state index in [1.165, 1.54) is 27.6 Å². The Kier molecular flexibility index (Phi) is 6.95. The number of rotatable bonds is 5. The average molecular weight is 608 g/mol. The predicted molar refractivity (Wildman–Crippen MR) is 161 cm³/mol. The number of benzene rings is 1. The molecule has 2 atom stereocenters. The second kappa shape index (κ2) is 10.1. The van der Waals surface area contributed by atoms with Crippen molar-refractivity contribution in [3.05, 3.63) is 85.9 Å². The third-order valence-corrected chi connectivity index (χ3v) is 9.34. The Labute approximate surface area is 254 Å². The summed E-state index contributed by atoms with van der Waals surface area (Å²) in [6, 6.07) is 6.39. The van der Waals surface area contributed by atoms with Gasteiger partial charge in [-0.2, -0.15) is 5.10 Å². The van der Waals surface area contributed by atoms with Crippen LogP contribution in [0, 0.1) is 39.3 Å². The van der Waals surface area contributed by atoms with Gasteiger partial charge in [0.1, 0.15) is 28.1 Å². The molecule has 3 aromatic heterocycles. The fourth-order valence-electron chi connectivity index (χ4n) is 5.86. The maximum Gasteiger partial charge on any atom is 0.461 e. The first-order chi connectivity index (χ1) is 20.1. The molecule has 43 heavy (non-hydrogen) atoms. The molecule has 0 radical (unpaired) electrons. The summed E-state index contributed by atoms with van der Waals surface area (Å²) in [5.41, 5.74) is -0.130. The lowest BCUT2D eigenvalue weighted by Gasteiger charge is -2.32. The van der Waals surface area contributed by atoms with Crippen molar-refractivity contribution in [1.82, 2.24) is 24.3 Å². The summed E-state index contributed by atoms with van der Waals surface area (Å²) in [6.07, 6.45) is 2.18. The highest BCUT2D eigenvalue weighted by Crippen LogP contribution is 2.59. The fourth-order valence-corrected chi connectivity index (χ4v) is 6.14. The van der Waals surface area contributed by atoms with Crippen LogP contribution in [0.5, 0.6) is 0 Å². The minimum atomic E-state index is -0.835. The number of hydrogen-bond acceptors (Lipinski definition) is 6. The molecular formula is C31H33BClF2N5O3. The molecule has 1 saturated heterocycles. The van der Waals surface area contributed by atoms with Gasteiger partial charge in [-0.1, -0.05) is 17.7 Å². The second-order valence-corrected chi connectivity index (χ2v) is 12.9. The zero-order valence-electron chi connectivity index (χ0n) is 25.4. The van der Waals surface area contributed by atoms with Gasteiger partial charge in [-0.25, -0.2) is 18.4 Å². The third-order valence-electron chi connectivity index (χ3n) is 8.96. The zero-order valence-corrected chi connectivity index (χ0v) is 26.2. The predicted octanol–water partition coefficient (Wildman–Crippen LogP) is 6.60. The Bertz CT molecular complexity index is 1840. The smallest absolute Gasteiger partial charge is 0.403 e. The molecule has 6 rings (SSSR count). The number of aryl methyl sites for hydroxylation is 4. The van der Waals surface area contributed by atoms with E-state index in [0.29, 0.717) is 28.5 Å². The lowest BCUT2D eigenvalue weighted by atomic mass is 9.79. The first-order valence-corrected chi connectivity index (χ1v) is 14.6. The van der Waals surface area contributed by atoms with Gasteiger partial charge in [-0.05, 0) is 97.1 Å². The normalized spacial score (nSPS) is 20.6. The van der Waals surface area contributed by atoms with Crippen LogP contribution in [0.1, 0.15) is 68.5 Å². The number of nitrogens with zero attached hydrogens (tertiary/aromatic N) is 5. The average Bonchev–Trinajstić information content (AvgIpc) is 3.59. The Morgan fingerprint density at radius 3 is 2.35 bits per heavy atom. The minimum absolute atomic E-state index is 0.0111. The maximum absolute atomic E-state index is 16.4. The summed E-state index contributed by atoms with van der Waals surface area (Å²) in [5.74, 6) is -0.558. The van der Waals surface area contributed by atoms with Gasteiger partial charge >= 0.3 is 7.12 Å². The number of aromatic nitrogens is 5. The second-order valence-electron chi connectivity index (χ2n) is 12.5. The van der Waals surface area contributed by atoms with Crippen molar-refractivity contribution in [2.75, 3.05) is 0 Å². The topological polar surface area (TPSA) is 84.1 Å². The minimum Gasteiger partial charge on any atom is -0.403 e. The molecule has 2 aliphatic rings. The van der Waals surface area contributed by atoms with E-state index >= 15 is 8.78 Å². The van der Waals surface area contributed by atoms with Gasteiger partial charge in [-0.3, -0.25) is 14.3 Å². The molecule has 4 aromatic rings. The van der Waals surface area contributed by atoms with E-state index < -0.39 is 35.5 Å². The van der Waals surface area contributed by atoms with Crippen LogP contribution in [0.2, 0.25) is 10.8 Å². The maximum atomic E-state index is 16.4. The molecule has 0 unspecified atom stereocenters. The first-order valence-electron chi connectivity index (χ1n) is 14.3. The number of hydrogen-bond donors (Lipinski definition) is 0. The van der Waals surface area contributed by atoms with Crippen LogP contribution in [-0.4, -0.2) is 42.6 Å². The van der Waals surface area contributed by atoms with Gasteiger partial charge in [0.05, 0.1) is 16.9 Å². The van der Waals surface area contributed by atoms with Crippen LogP contribution in [0.3, 0.4) is 0 Å². The molecule has 224 valence electrons. The Morgan fingerprint density at radius 2 is 1.72 bits per heavy atom. The molecule has 0 bridgehead atoms. The molecule has 8 nitrogen and oxygen atoms in total. The monoisotopic (exact) mass is 607 g/mol. The Balaban J connectivity index is 1.39. The van der Waals surface area contributed by atoms with Crippen LogP contribution in [-0.2, 0) is 9.31 Å². The summed E-state index contributed by atoms with van der Waals surface area (Å²) >= 11 is 6.70. The standard InChI is InChI=1S/C31H33BClF2N5O3/c1-15-14-36-27(19-10-9-11-23(25(19)34)40-18(4)37-17(3)38-40)26(35)28(15)39-16(2)12-21(24(33)29(39)41)20-13-22(20)32-42-30(5,6)31(7,8)43-32/h9-12,14,20,22H,13H2,1-8H3/t20-,22+/m1/s1. The van der Waals surface area contributed by atoms with E-state index in [1.54, 1.807) is 33.8 Å². The highest BCUT2D eigenvalue weighted by atomic mass is 35.5. The van der Waals surface area contributed by atoms with E-state index in [9.17, 15) is 4.79 Å². The molecule has 12 heteroatoms. The largest absolute Gasteiger partial charge is 0.461 e. The van der Waals surface area contributed by atoms with E-state index in [2.05, 4.69) is 15.1 Å². The van der Waals surface area contributed by atoms with Crippen molar-refractivity contribution in [2.24, 2.45) is 0 Å². The van der Waals surface area contributed by atoms with Crippen molar-refractivity contribution < 1.29 is 18.1 Å². The van der Waals surface area contributed by atoms with E-state index in [4.69, 9.17) is 20.9 Å². The van der Waals surface area contributed by atoms with Gasteiger partial charge in [-0.15, -0.1) is 0 Å². The van der Waals surface area contributed by atoms with Gasteiger partial charge in [0.15, 0.2) is 11.6 Å². The van der Waals surface area contributed by atoms with Crippen LogP contribution in [0.4, 0.5) is 8.78 Å². The zero-order chi connectivity index (χ0) is 31.2. The van der Waals surface area contributed by atoms with Crippen molar-refractivity contribution in [3.63, 3.8) is 0 Å². The van der Waals surface area contributed by atoms with E-state index in [0.717, 1.165) is 6.42 Å². The molecular weight excluding hydrogens is 575 g/mol. The molecule has 1 aliphatic heterocycles. The third kappa shape index (κ3) is 4.72. The molecule has 1 aromatic carbocycles. The lowest BCUT2D eigenvalue weighted by Crippen LogP contribution is -2.41. The van der Waals surface area contributed by atoms with Gasteiger partial charge in [0, 0.05) is 23.3 Å². The molecule has 1 aliphatic carbocycles. The van der Waals surface area contributed by atoms with E-state index in [1.807, 2.05) is 33.8 Å². The summed E-state index contributed by atoms with van der Waals surface area (Å²) < 4.78 is 47.3. The van der Waals surface area contributed by atoms with Crippen molar-refractivity contribution in [1.29, 1.82) is 0 Å². The summed E-state index contributed by atoms with van der Waals surface area (Å²) in [5, 5.41) is 4.27. The van der Waals surface area contributed by atoms with Gasteiger partial charge < -0.3 is 9.31 Å². The van der Waals surface area contributed by atoms with Crippen LogP contribution >= 0.6 is 11.6 Å². The summed E-state index contributed by atoms with van der Waals surface area (Å²) in [6.45, 7) is 14.8. The quantitative estimate of drug-likeness (QED) is 0.238. The number of pyridine rings is 2. The SMILES string of the molecule is Cc1nc(C)n(-c2cccc(-c3ncc(C)c(-n4c(C)cc([C@H]5C[C@@H]5B5OC(C)(C)C(C)(C)O5)c(Cl)c4=O)c3F)c2F)n1. The Morgan fingerprint density at radius 1 is 1.05 bits per heavy atom. The highest BCUT2D eigenvalue weighted by molar-refractivity contribution is 6.49. The van der Waals surface area contributed by atoms with Crippen molar-refractivity contribution in [3.8, 4) is 22.6 Å². The van der Waals surface area contributed by atoms with Crippen LogP contribution in [0.25, 0.3) is 22.6 Å². The van der Waals surface area contributed by atoms with Crippen LogP contribution < -0.4 is 5.56 Å². The number of halogens is 3. The van der Waals surface area contributed by atoms with Gasteiger partial charge in [0.25, 0.3) is 5.56 Å². The molecule has 4 heterocycles. The molecule has 0 amide bonds. The van der Waals surface area contributed by atoms with Gasteiger partial charge in [0.2, 0.25) is 0 Å². The molecule has 0 N–H and O–H groups in total. The molecule has 2 fully saturated rings. The fraction of sp³-hybridized carbons (Fsp3) is 0.419. The summed E-state index contributed by atoms with van der Waals surface area (Å²) in [4.78, 5) is 22.2.